The van der Waals surface area contributed by atoms with Crippen molar-refractivity contribution in [2.45, 2.75) is 20.3 Å². The van der Waals surface area contributed by atoms with Gasteiger partial charge in [0.05, 0.1) is 9.48 Å². The third-order valence-corrected chi connectivity index (χ3v) is 3.31. The van der Waals surface area contributed by atoms with Gasteiger partial charge in [-0.2, -0.15) is 0 Å². The van der Waals surface area contributed by atoms with Crippen LogP contribution in [0.2, 0.25) is 0 Å². The fraction of sp³-hybridized carbons (Fsp3) is 0.625. The van der Waals surface area contributed by atoms with E-state index in [4.69, 9.17) is 0 Å². The monoisotopic (exact) mass is 248 g/mol. The summed E-state index contributed by atoms with van der Waals surface area (Å²) in [7, 11) is 1.89. The molecule has 0 aliphatic carbocycles. The van der Waals surface area contributed by atoms with E-state index < -0.39 is 0 Å². The zero-order chi connectivity index (χ0) is 9.14. The molecule has 1 heterocycles. The lowest BCUT2D eigenvalue weighted by atomic mass is 10.1. The molecule has 12 heavy (non-hydrogen) atoms. The molecule has 0 unspecified atom stereocenters. The zero-order valence-corrected chi connectivity index (χ0v) is 9.92. The fourth-order valence-corrected chi connectivity index (χ4v) is 2.34. The summed E-state index contributed by atoms with van der Waals surface area (Å²) in [6.45, 7) is 4.40. The van der Waals surface area contributed by atoms with Gasteiger partial charge in [-0.3, -0.25) is 0 Å². The predicted octanol–water partition coefficient (Wildman–Crippen LogP) is 3.15. The largest absolute Gasteiger partial charge is 0.365 e. The van der Waals surface area contributed by atoms with Crippen LogP contribution in [0.1, 0.15) is 19.5 Å². The van der Waals surface area contributed by atoms with Gasteiger partial charge in [0.15, 0.2) is 5.13 Å². The van der Waals surface area contributed by atoms with Gasteiger partial charge in [0.1, 0.15) is 0 Å². The molecule has 0 aromatic carbocycles. The fourth-order valence-electron chi connectivity index (χ4n) is 0.953. The van der Waals surface area contributed by atoms with E-state index in [0.717, 1.165) is 15.3 Å². The van der Waals surface area contributed by atoms with E-state index in [-0.39, 0.29) is 0 Å². The minimum absolute atomic E-state index is 0.660. The average molecular weight is 249 g/mol. The number of nitrogens with zero attached hydrogens (tertiary/aromatic N) is 1. The van der Waals surface area contributed by atoms with Crippen LogP contribution in [-0.2, 0) is 6.42 Å². The Labute approximate surface area is 85.5 Å². The Morgan fingerprint density at radius 2 is 2.25 bits per heavy atom. The van der Waals surface area contributed by atoms with E-state index in [1.165, 1.54) is 5.69 Å². The first-order chi connectivity index (χ1) is 5.63. The van der Waals surface area contributed by atoms with E-state index in [1.54, 1.807) is 11.3 Å². The van der Waals surface area contributed by atoms with Gasteiger partial charge in [-0.25, -0.2) is 4.98 Å². The van der Waals surface area contributed by atoms with E-state index in [9.17, 15) is 0 Å². The van der Waals surface area contributed by atoms with Gasteiger partial charge in [-0.05, 0) is 28.3 Å². The summed E-state index contributed by atoms with van der Waals surface area (Å²) in [6, 6.07) is 0. The SMILES string of the molecule is CNc1nc(CC(C)C)c(Br)s1. The molecule has 68 valence electrons. The Hall–Kier alpha value is -0.0900. The maximum Gasteiger partial charge on any atom is 0.183 e. The van der Waals surface area contributed by atoms with Crippen LogP contribution in [0.15, 0.2) is 3.79 Å². The van der Waals surface area contributed by atoms with Crippen LogP contribution < -0.4 is 5.32 Å². The van der Waals surface area contributed by atoms with Gasteiger partial charge in [0.2, 0.25) is 0 Å². The van der Waals surface area contributed by atoms with Crippen molar-refractivity contribution < 1.29 is 0 Å². The summed E-state index contributed by atoms with van der Waals surface area (Å²) in [5.74, 6) is 0.660. The molecular weight excluding hydrogens is 236 g/mol. The lowest BCUT2D eigenvalue weighted by molar-refractivity contribution is 0.636. The molecule has 0 radical (unpaired) electrons. The van der Waals surface area contributed by atoms with Crippen molar-refractivity contribution in [3.63, 3.8) is 0 Å². The number of nitrogens with one attached hydrogen (secondary N) is 1. The topological polar surface area (TPSA) is 24.9 Å². The second kappa shape index (κ2) is 4.23. The number of rotatable bonds is 3. The number of hydrogen-bond acceptors (Lipinski definition) is 3. The van der Waals surface area contributed by atoms with Crippen molar-refractivity contribution in [2.24, 2.45) is 5.92 Å². The molecule has 0 aliphatic rings. The van der Waals surface area contributed by atoms with Crippen LogP contribution in [0.3, 0.4) is 0 Å². The van der Waals surface area contributed by atoms with Gasteiger partial charge in [0, 0.05) is 7.05 Å². The summed E-state index contributed by atoms with van der Waals surface area (Å²) >= 11 is 5.15. The number of hydrogen-bond donors (Lipinski definition) is 1. The second-order valence-electron chi connectivity index (χ2n) is 3.09. The van der Waals surface area contributed by atoms with Crippen molar-refractivity contribution in [1.82, 2.24) is 4.98 Å². The first kappa shape index (κ1) is 9.99. The van der Waals surface area contributed by atoms with E-state index in [1.807, 2.05) is 7.05 Å². The van der Waals surface area contributed by atoms with Crippen LogP contribution in [-0.4, -0.2) is 12.0 Å². The number of aromatic nitrogens is 1. The molecule has 0 aliphatic heterocycles. The lowest BCUT2D eigenvalue weighted by Gasteiger charge is -2.00. The van der Waals surface area contributed by atoms with Crippen LogP contribution in [0.25, 0.3) is 0 Å². The highest BCUT2D eigenvalue weighted by Gasteiger charge is 2.08. The van der Waals surface area contributed by atoms with Gasteiger partial charge < -0.3 is 5.32 Å². The smallest absolute Gasteiger partial charge is 0.183 e. The van der Waals surface area contributed by atoms with Crippen LogP contribution in [0.4, 0.5) is 5.13 Å². The summed E-state index contributed by atoms with van der Waals surface area (Å²) < 4.78 is 1.15. The van der Waals surface area contributed by atoms with Crippen LogP contribution in [0.5, 0.6) is 0 Å². The zero-order valence-electron chi connectivity index (χ0n) is 7.52. The van der Waals surface area contributed by atoms with Gasteiger partial charge >= 0.3 is 0 Å². The molecule has 0 bridgehead atoms. The number of halogens is 1. The van der Waals surface area contributed by atoms with Crippen molar-refractivity contribution in [1.29, 1.82) is 0 Å². The molecule has 0 fully saturated rings. The van der Waals surface area contributed by atoms with Gasteiger partial charge in [-0.1, -0.05) is 25.2 Å². The third-order valence-electron chi connectivity index (χ3n) is 1.47. The summed E-state index contributed by atoms with van der Waals surface area (Å²) in [5, 5.41) is 4.02. The standard InChI is InChI=1S/C8H13BrN2S/c1-5(2)4-6-7(9)12-8(10-3)11-6/h5H,4H2,1-3H3,(H,10,11). The molecule has 0 saturated carbocycles. The normalized spacial score (nSPS) is 10.8. The summed E-state index contributed by atoms with van der Waals surface area (Å²) in [4.78, 5) is 4.43. The Morgan fingerprint density at radius 1 is 1.58 bits per heavy atom. The van der Waals surface area contributed by atoms with Crippen molar-refractivity contribution in [3.05, 3.63) is 9.48 Å². The Kier molecular flexibility index (Phi) is 3.53. The average Bonchev–Trinajstić information content (AvgIpc) is 2.31. The molecule has 4 heteroatoms. The number of thiazole rings is 1. The molecule has 1 rings (SSSR count). The molecular formula is C8H13BrN2S. The van der Waals surface area contributed by atoms with Gasteiger partial charge in [-0.15, -0.1) is 0 Å². The summed E-state index contributed by atoms with van der Waals surface area (Å²) in [6.07, 6.45) is 1.04. The molecule has 0 amide bonds. The lowest BCUT2D eigenvalue weighted by Crippen LogP contribution is -1.95. The number of anilines is 1. The highest BCUT2D eigenvalue weighted by molar-refractivity contribution is 9.11. The highest BCUT2D eigenvalue weighted by atomic mass is 79.9. The first-order valence-electron chi connectivity index (χ1n) is 3.96. The minimum Gasteiger partial charge on any atom is -0.365 e. The molecule has 1 N–H and O–H groups in total. The highest BCUT2D eigenvalue weighted by Crippen LogP contribution is 2.29. The Balaban J connectivity index is 2.77. The summed E-state index contributed by atoms with van der Waals surface area (Å²) in [5.41, 5.74) is 1.17. The Morgan fingerprint density at radius 3 is 2.67 bits per heavy atom. The van der Waals surface area contributed by atoms with Gasteiger partial charge in [0.25, 0.3) is 0 Å². The van der Waals surface area contributed by atoms with Crippen LogP contribution >= 0.6 is 27.3 Å². The molecule has 1 aromatic rings. The quantitative estimate of drug-likeness (QED) is 0.890. The maximum absolute atomic E-state index is 4.43. The maximum atomic E-state index is 4.43. The second-order valence-corrected chi connectivity index (χ2v) is 5.40. The Bertz CT molecular complexity index is 258. The molecule has 2 nitrogen and oxygen atoms in total. The molecule has 0 saturated heterocycles. The van der Waals surface area contributed by atoms with Crippen molar-refractivity contribution in [3.8, 4) is 0 Å². The third kappa shape index (κ3) is 2.45. The van der Waals surface area contributed by atoms with Crippen molar-refractivity contribution >= 4 is 32.4 Å². The van der Waals surface area contributed by atoms with Crippen molar-refractivity contribution in [2.75, 3.05) is 12.4 Å². The van der Waals surface area contributed by atoms with E-state index in [0.29, 0.717) is 5.92 Å². The predicted molar refractivity (Wildman–Crippen MR) is 57.9 cm³/mol. The molecule has 0 spiro atoms. The van der Waals surface area contributed by atoms with Crippen LogP contribution in [0, 0.1) is 5.92 Å². The first-order valence-corrected chi connectivity index (χ1v) is 5.57. The minimum atomic E-state index is 0.660. The van der Waals surface area contributed by atoms with E-state index >= 15 is 0 Å². The molecule has 0 atom stereocenters. The molecule has 1 aromatic heterocycles. The van der Waals surface area contributed by atoms with E-state index in [2.05, 4.69) is 40.1 Å².